The fourth-order valence-corrected chi connectivity index (χ4v) is 2.12. The average molecular weight is 260 g/mol. The molecule has 0 unspecified atom stereocenters. The monoisotopic (exact) mass is 260 g/mol. The minimum atomic E-state index is -0.399. The maximum Gasteiger partial charge on any atom is 0.246 e. The lowest BCUT2D eigenvalue weighted by atomic mass is 9.78. The molecule has 0 aromatic carbocycles. The molecule has 2 aromatic rings. The zero-order chi connectivity index (χ0) is 13.3. The zero-order valence-corrected chi connectivity index (χ0v) is 10.8. The van der Waals surface area contributed by atoms with Crippen molar-refractivity contribution < 1.29 is 9.26 Å². The Labute approximate surface area is 111 Å². The molecule has 0 spiro atoms. The van der Waals surface area contributed by atoms with Crippen LogP contribution in [-0.2, 0) is 12.0 Å². The first kappa shape index (κ1) is 12.1. The van der Waals surface area contributed by atoms with Gasteiger partial charge in [-0.1, -0.05) is 11.2 Å². The summed E-state index contributed by atoms with van der Waals surface area (Å²) >= 11 is 0. The molecule has 2 heterocycles. The van der Waals surface area contributed by atoms with Gasteiger partial charge in [0.25, 0.3) is 0 Å². The molecule has 100 valence electrons. The highest BCUT2D eigenvalue weighted by molar-refractivity contribution is 5.20. The van der Waals surface area contributed by atoms with E-state index in [0.717, 1.165) is 24.8 Å². The Morgan fingerprint density at radius 3 is 2.84 bits per heavy atom. The van der Waals surface area contributed by atoms with E-state index in [1.165, 1.54) is 0 Å². The number of aromatic nitrogens is 3. The smallest absolute Gasteiger partial charge is 0.246 e. The third kappa shape index (κ3) is 2.31. The zero-order valence-electron chi connectivity index (χ0n) is 10.8. The van der Waals surface area contributed by atoms with Gasteiger partial charge in [0.2, 0.25) is 11.8 Å². The molecule has 0 radical (unpaired) electrons. The molecule has 1 aliphatic rings. The van der Waals surface area contributed by atoms with Crippen LogP contribution in [0.5, 0.6) is 5.88 Å². The van der Waals surface area contributed by atoms with Gasteiger partial charge in [0.05, 0.1) is 12.6 Å². The largest absolute Gasteiger partial charge is 0.481 e. The van der Waals surface area contributed by atoms with Gasteiger partial charge in [0, 0.05) is 18.7 Å². The molecule has 0 atom stereocenters. The molecule has 3 rings (SSSR count). The predicted octanol–water partition coefficient (Wildman–Crippen LogP) is 1.40. The Bertz CT molecular complexity index is 560. The Morgan fingerprint density at radius 1 is 1.42 bits per heavy atom. The second kappa shape index (κ2) is 4.62. The van der Waals surface area contributed by atoms with Crippen molar-refractivity contribution in [3.63, 3.8) is 0 Å². The van der Waals surface area contributed by atoms with Crippen LogP contribution >= 0.6 is 0 Å². The molecule has 6 heteroatoms. The van der Waals surface area contributed by atoms with E-state index in [4.69, 9.17) is 15.0 Å². The summed E-state index contributed by atoms with van der Waals surface area (Å²) < 4.78 is 10.3. The van der Waals surface area contributed by atoms with Crippen LogP contribution in [0.15, 0.2) is 22.9 Å². The van der Waals surface area contributed by atoms with Gasteiger partial charge in [-0.3, -0.25) is 0 Å². The van der Waals surface area contributed by atoms with Crippen molar-refractivity contribution in [3.8, 4) is 5.88 Å². The van der Waals surface area contributed by atoms with Gasteiger partial charge in [0.15, 0.2) is 5.82 Å². The molecule has 19 heavy (non-hydrogen) atoms. The SMILES string of the molecule is COc1ccc(Cc2noc(C3(N)CCC3)n2)cn1. The number of hydrogen-bond acceptors (Lipinski definition) is 6. The normalized spacial score (nSPS) is 16.9. The predicted molar refractivity (Wildman–Crippen MR) is 67.6 cm³/mol. The molecule has 0 amide bonds. The van der Waals surface area contributed by atoms with Crippen LogP contribution in [0.25, 0.3) is 0 Å². The van der Waals surface area contributed by atoms with Crippen molar-refractivity contribution in [3.05, 3.63) is 35.6 Å². The van der Waals surface area contributed by atoms with Crippen molar-refractivity contribution >= 4 is 0 Å². The molecule has 2 aromatic heterocycles. The molecular weight excluding hydrogens is 244 g/mol. The quantitative estimate of drug-likeness (QED) is 0.894. The maximum absolute atomic E-state index is 6.14. The third-order valence-electron chi connectivity index (χ3n) is 3.51. The van der Waals surface area contributed by atoms with E-state index in [1.807, 2.05) is 12.1 Å². The summed E-state index contributed by atoms with van der Waals surface area (Å²) in [6.07, 6.45) is 5.28. The van der Waals surface area contributed by atoms with Crippen LogP contribution in [0.3, 0.4) is 0 Å². The minimum Gasteiger partial charge on any atom is -0.481 e. The van der Waals surface area contributed by atoms with E-state index in [2.05, 4.69) is 15.1 Å². The number of ether oxygens (including phenoxy) is 1. The van der Waals surface area contributed by atoms with Crippen LogP contribution in [0, 0.1) is 0 Å². The van der Waals surface area contributed by atoms with E-state index in [9.17, 15) is 0 Å². The average Bonchev–Trinajstić information content (AvgIpc) is 2.86. The van der Waals surface area contributed by atoms with Crippen LogP contribution in [0.2, 0.25) is 0 Å². The second-order valence-electron chi connectivity index (χ2n) is 4.91. The first-order valence-corrected chi connectivity index (χ1v) is 6.30. The summed E-state index contributed by atoms with van der Waals surface area (Å²) in [6, 6.07) is 3.75. The van der Waals surface area contributed by atoms with Gasteiger partial charge < -0.3 is 15.0 Å². The Hall–Kier alpha value is -1.95. The Morgan fingerprint density at radius 2 is 2.26 bits per heavy atom. The molecule has 1 aliphatic carbocycles. The van der Waals surface area contributed by atoms with Crippen LogP contribution < -0.4 is 10.5 Å². The highest BCUT2D eigenvalue weighted by Crippen LogP contribution is 2.37. The first-order valence-electron chi connectivity index (χ1n) is 6.30. The second-order valence-corrected chi connectivity index (χ2v) is 4.91. The summed E-state index contributed by atoms with van der Waals surface area (Å²) in [6.45, 7) is 0. The number of methoxy groups -OCH3 is 1. The highest BCUT2D eigenvalue weighted by Gasteiger charge is 2.39. The van der Waals surface area contributed by atoms with Gasteiger partial charge in [-0.05, 0) is 24.8 Å². The van der Waals surface area contributed by atoms with Crippen molar-refractivity contribution in [2.75, 3.05) is 7.11 Å². The number of rotatable bonds is 4. The minimum absolute atomic E-state index is 0.399. The van der Waals surface area contributed by atoms with Crippen LogP contribution in [0.1, 0.15) is 36.5 Å². The van der Waals surface area contributed by atoms with Gasteiger partial charge in [-0.25, -0.2) is 4.98 Å². The highest BCUT2D eigenvalue weighted by atomic mass is 16.5. The molecule has 6 nitrogen and oxygen atoms in total. The van der Waals surface area contributed by atoms with Crippen LogP contribution in [-0.4, -0.2) is 22.2 Å². The lowest BCUT2D eigenvalue weighted by Crippen LogP contribution is -2.43. The summed E-state index contributed by atoms with van der Waals surface area (Å²) in [5.74, 6) is 1.78. The lowest BCUT2D eigenvalue weighted by Gasteiger charge is -2.33. The molecule has 1 saturated carbocycles. The Balaban J connectivity index is 1.72. The molecule has 1 fully saturated rings. The fourth-order valence-electron chi connectivity index (χ4n) is 2.12. The molecule has 0 saturated heterocycles. The Kier molecular flexibility index (Phi) is 2.94. The van der Waals surface area contributed by atoms with E-state index in [0.29, 0.717) is 24.0 Å². The summed E-state index contributed by atoms with van der Waals surface area (Å²) in [4.78, 5) is 8.52. The van der Waals surface area contributed by atoms with E-state index in [-0.39, 0.29) is 0 Å². The fraction of sp³-hybridized carbons (Fsp3) is 0.462. The number of nitrogens with zero attached hydrogens (tertiary/aromatic N) is 3. The molecule has 0 aliphatic heterocycles. The van der Waals surface area contributed by atoms with E-state index in [1.54, 1.807) is 13.3 Å². The molecule has 0 bridgehead atoms. The number of nitrogens with two attached hydrogens (primary N) is 1. The van der Waals surface area contributed by atoms with Gasteiger partial charge in [-0.15, -0.1) is 0 Å². The topological polar surface area (TPSA) is 87.1 Å². The van der Waals surface area contributed by atoms with E-state index >= 15 is 0 Å². The molecule has 2 N–H and O–H groups in total. The standard InChI is InChI=1S/C13H16N4O2/c1-18-11-4-3-9(8-15-11)7-10-16-12(19-17-10)13(14)5-2-6-13/h3-4,8H,2,5-7,14H2,1H3. The van der Waals surface area contributed by atoms with Gasteiger partial charge >= 0.3 is 0 Å². The van der Waals surface area contributed by atoms with Gasteiger partial charge in [0.1, 0.15) is 0 Å². The first-order chi connectivity index (χ1) is 9.19. The summed E-state index contributed by atoms with van der Waals surface area (Å²) in [7, 11) is 1.59. The summed E-state index contributed by atoms with van der Waals surface area (Å²) in [5, 5.41) is 3.98. The maximum atomic E-state index is 6.14. The lowest BCUT2D eigenvalue weighted by molar-refractivity contribution is 0.181. The van der Waals surface area contributed by atoms with Crippen molar-refractivity contribution in [2.45, 2.75) is 31.2 Å². The number of pyridine rings is 1. The number of hydrogen-bond donors (Lipinski definition) is 1. The van der Waals surface area contributed by atoms with E-state index < -0.39 is 5.54 Å². The van der Waals surface area contributed by atoms with Gasteiger partial charge in [-0.2, -0.15) is 4.98 Å². The third-order valence-corrected chi connectivity index (χ3v) is 3.51. The van der Waals surface area contributed by atoms with Crippen molar-refractivity contribution in [1.82, 2.24) is 15.1 Å². The van der Waals surface area contributed by atoms with Crippen molar-refractivity contribution in [1.29, 1.82) is 0 Å². The van der Waals surface area contributed by atoms with Crippen molar-refractivity contribution in [2.24, 2.45) is 5.73 Å². The summed E-state index contributed by atoms with van der Waals surface area (Å²) in [5.41, 5.74) is 6.75. The molecular formula is C13H16N4O2. The van der Waals surface area contributed by atoms with Crippen LogP contribution in [0.4, 0.5) is 0 Å².